The first-order chi connectivity index (χ1) is 10.6. The highest BCUT2D eigenvalue weighted by molar-refractivity contribution is 7.92. The van der Waals surface area contributed by atoms with Gasteiger partial charge in [0.05, 0.1) is 4.90 Å². The molecule has 1 aromatic heterocycles. The lowest BCUT2D eigenvalue weighted by Crippen LogP contribution is -2.15. The van der Waals surface area contributed by atoms with E-state index < -0.39 is 10.0 Å². The second kappa shape index (κ2) is 5.69. The summed E-state index contributed by atoms with van der Waals surface area (Å²) in [5.41, 5.74) is 1.92. The SMILES string of the molecule is Cc1ccc(S(=O)(=O)Nc2cccn2-c2ccccc2)cc1. The minimum Gasteiger partial charge on any atom is -0.303 e. The molecule has 3 rings (SSSR count). The fourth-order valence-electron chi connectivity index (χ4n) is 2.19. The van der Waals surface area contributed by atoms with Crippen LogP contribution in [-0.4, -0.2) is 13.0 Å². The van der Waals surface area contributed by atoms with Gasteiger partial charge in [-0.25, -0.2) is 8.42 Å². The first kappa shape index (κ1) is 14.4. The van der Waals surface area contributed by atoms with Crippen molar-refractivity contribution in [3.05, 3.63) is 78.5 Å². The summed E-state index contributed by atoms with van der Waals surface area (Å²) >= 11 is 0. The molecule has 0 unspecified atom stereocenters. The molecule has 0 aliphatic rings. The molecule has 5 heteroatoms. The van der Waals surface area contributed by atoms with Crippen LogP contribution in [0.2, 0.25) is 0 Å². The molecule has 0 spiro atoms. The molecule has 0 aliphatic carbocycles. The predicted octanol–water partition coefficient (Wildman–Crippen LogP) is 3.59. The largest absolute Gasteiger partial charge is 0.303 e. The van der Waals surface area contributed by atoms with Crippen molar-refractivity contribution in [3.63, 3.8) is 0 Å². The van der Waals surface area contributed by atoms with Crippen LogP contribution in [0.15, 0.2) is 77.8 Å². The predicted molar refractivity (Wildman–Crippen MR) is 87.8 cm³/mol. The van der Waals surface area contributed by atoms with Gasteiger partial charge in [0, 0.05) is 11.9 Å². The normalized spacial score (nSPS) is 11.3. The van der Waals surface area contributed by atoms with Crippen LogP contribution in [0.25, 0.3) is 5.69 Å². The van der Waals surface area contributed by atoms with Gasteiger partial charge in [-0.15, -0.1) is 0 Å². The zero-order chi connectivity index (χ0) is 15.6. The number of benzene rings is 2. The lowest BCUT2D eigenvalue weighted by atomic mass is 10.2. The van der Waals surface area contributed by atoms with Crippen molar-refractivity contribution in [1.29, 1.82) is 0 Å². The van der Waals surface area contributed by atoms with Crippen molar-refractivity contribution >= 4 is 15.8 Å². The van der Waals surface area contributed by atoms with Gasteiger partial charge < -0.3 is 4.57 Å². The van der Waals surface area contributed by atoms with Crippen LogP contribution in [0.1, 0.15) is 5.56 Å². The minimum absolute atomic E-state index is 0.249. The van der Waals surface area contributed by atoms with Gasteiger partial charge >= 0.3 is 0 Å². The molecule has 0 bridgehead atoms. The van der Waals surface area contributed by atoms with Crippen molar-refractivity contribution in [3.8, 4) is 5.69 Å². The van der Waals surface area contributed by atoms with Crippen LogP contribution in [0, 0.1) is 6.92 Å². The van der Waals surface area contributed by atoms with Gasteiger partial charge in [-0.3, -0.25) is 4.72 Å². The molecule has 0 radical (unpaired) electrons. The van der Waals surface area contributed by atoms with E-state index in [0.717, 1.165) is 11.3 Å². The van der Waals surface area contributed by atoms with Gasteiger partial charge in [-0.05, 0) is 43.3 Å². The van der Waals surface area contributed by atoms with Crippen LogP contribution in [0.5, 0.6) is 0 Å². The fraction of sp³-hybridized carbons (Fsp3) is 0.0588. The second-order valence-electron chi connectivity index (χ2n) is 5.02. The number of aryl methyl sites for hydroxylation is 1. The summed E-state index contributed by atoms with van der Waals surface area (Å²) in [4.78, 5) is 0.249. The molecule has 1 N–H and O–H groups in total. The van der Waals surface area contributed by atoms with E-state index in [2.05, 4.69) is 4.72 Å². The van der Waals surface area contributed by atoms with Crippen LogP contribution in [0.4, 0.5) is 5.82 Å². The maximum absolute atomic E-state index is 12.5. The van der Waals surface area contributed by atoms with Crippen molar-refractivity contribution in [2.45, 2.75) is 11.8 Å². The smallest absolute Gasteiger partial charge is 0.263 e. The number of hydrogen-bond donors (Lipinski definition) is 1. The summed E-state index contributed by atoms with van der Waals surface area (Å²) in [7, 11) is -3.60. The number of aromatic nitrogens is 1. The van der Waals surface area contributed by atoms with Crippen LogP contribution >= 0.6 is 0 Å². The van der Waals surface area contributed by atoms with E-state index in [1.807, 2.05) is 43.5 Å². The summed E-state index contributed by atoms with van der Waals surface area (Å²) in [6.07, 6.45) is 1.82. The van der Waals surface area contributed by atoms with Gasteiger partial charge in [0.15, 0.2) is 0 Å². The molecule has 0 saturated heterocycles. The Kier molecular flexibility index (Phi) is 3.73. The third-order valence-corrected chi connectivity index (χ3v) is 4.72. The Balaban J connectivity index is 1.94. The summed E-state index contributed by atoms with van der Waals surface area (Å²) in [5.74, 6) is 0.506. The van der Waals surface area contributed by atoms with E-state index >= 15 is 0 Å². The van der Waals surface area contributed by atoms with Crippen molar-refractivity contribution < 1.29 is 8.42 Å². The van der Waals surface area contributed by atoms with E-state index in [-0.39, 0.29) is 4.90 Å². The maximum Gasteiger partial charge on any atom is 0.263 e. The Morgan fingerprint density at radius 1 is 0.864 bits per heavy atom. The first-order valence-electron chi connectivity index (χ1n) is 6.88. The van der Waals surface area contributed by atoms with Gasteiger partial charge in [0.1, 0.15) is 5.82 Å². The van der Waals surface area contributed by atoms with E-state index in [1.54, 1.807) is 41.0 Å². The number of rotatable bonds is 4. The van der Waals surface area contributed by atoms with Crippen LogP contribution in [0.3, 0.4) is 0 Å². The highest BCUT2D eigenvalue weighted by Gasteiger charge is 2.16. The summed E-state index contributed by atoms with van der Waals surface area (Å²) in [6, 6.07) is 19.9. The lowest BCUT2D eigenvalue weighted by molar-refractivity contribution is 0.601. The Bertz CT molecular complexity index is 867. The molecule has 4 nitrogen and oxygen atoms in total. The molecule has 0 saturated carbocycles. The zero-order valence-corrected chi connectivity index (χ0v) is 12.9. The monoisotopic (exact) mass is 312 g/mol. The molecule has 1 heterocycles. The lowest BCUT2D eigenvalue weighted by Gasteiger charge is -2.12. The zero-order valence-electron chi connectivity index (χ0n) is 12.1. The Morgan fingerprint density at radius 2 is 1.55 bits per heavy atom. The Hall–Kier alpha value is -2.53. The number of hydrogen-bond acceptors (Lipinski definition) is 2. The molecular formula is C17H16N2O2S. The second-order valence-corrected chi connectivity index (χ2v) is 6.70. The van der Waals surface area contributed by atoms with E-state index in [0.29, 0.717) is 5.82 Å². The number of para-hydroxylation sites is 1. The van der Waals surface area contributed by atoms with Crippen LogP contribution < -0.4 is 4.72 Å². The van der Waals surface area contributed by atoms with Crippen molar-refractivity contribution in [1.82, 2.24) is 4.57 Å². The summed E-state index contributed by atoms with van der Waals surface area (Å²) < 4.78 is 29.4. The molecule has 112 valence electrons. The van der Waals surface area contributed by atoms with Crippen molar-refractivity contribution in [2.75, 3.05) is 4.72 Å². The molecule has 2 aromatic carbocycles. The minimum atomic E-state index is -3.60. The van der Waals surface area contributed by atoms with Gasteiger partial charge in [-0.1, -0.05) is 35.9 Å². The van der Waals surface area contributed by atoms with E-state index in [4.69, 9.17) is 0 Å². The third kappa shape index (κ3) is 2.89. The Morgan fingerprint density at radius 3 is 2.23 bits per heavy atom. The first-order valence-corrected chi connectivity index (χ1v) is 8.37. The molecule has 0 atom stereocenters. The van der Waals surface area contributed by atoms with E-state index in [1.165, 1.54) is 0 Å². The standard InChI is InChI=1S/C17H16N2O2S/c1-14-9-11-16(12-10-14)22(20,21)18-17-8-5-13-19(17)15-6-3-2-4-7-15/h2-13,18H,1H3. The maximum atomic E-state index is 12.5. The number of anilines is 1. The number of sulfonamides is 1. The van der Waals surface area contributed by atoms with E-state index in [9.17, 15) is 8.42 Å². The highest BCUT2D eigenvalue weighted by atomic mass is 32.2. The Labute approximate surface area is 130 Å². The topological polar surface area (TPSA) is 51.1 Å². The average molecular weight is 312 g/mol. The van der Waals surface area contributed by atoms with Gasteiger partial charge in [0.25, 0.3) is 10.0 Å². The van der Waals surface area contributed by atoms with Crippen LogP contribution in [-0.2, 0) is 10.0 Å². The molecule has 0 aliphatic heterocycles. The number of nitrogens with zero attached hydrogens (tertiary/aromatic N) is 1. The number of nitrogens with one attached hydrogen (secondary N) is 1. The summed E-state index contributed by atoms with van der Waals surface area (Å²) in [5, 5.41) is 0. The van der Waals surface area contributed by atoms with Gasteiger partial charge in [-0.2, -0.15) is 0 Å². The molecule has 3 aromatic rings. The summed E-state index contributed by atoms with van der Waals surface area (Å²) in [6.45, 7) is 1.92. The molecule has 0 fully saturated rings. The quantitative estimate of drug-likeness (QED) is 0.800. The molecule has 22 heavy (non-hydrogen) atoms. The van der Waals surface area contributed by atoms with Crippen molar-refractivity contribution in [2.24, 2.45) is 0 Å². The molecule has 0 amide bonds. The third-order valence-electron chi connectivity index (χ3n) is 3.35. The molecular weight excluding hydrogens is 296 g/mol. The average Bonchev–Trinajstić information content (AvgIpc) is 2.96. The highest BCUT2D eigenvalue weighted by Crippen LogP contribution is 2.20. The van der Waals surface area contributed by atoms with Gasteiger partial charge in [0.2, 0.25) is 0 Å². The fourth-order valence-corrected chi connectivity index (χ4v) is 3.25.